The van der Waals surface area contributed by atoms with Crippen molar-refractivity contribution in [1.29, 1.82) is 0 Å². The molecule has 1 heterocycles. The van der Waals surface area contributed by atoms with E-state index in [1.165, 1.54) is 6.92 Å². The van der Waals surface area contributed by atoms with E-state index in [-0.39, 0.29) is 12.5 Å². The third kappa shape index (κ3) is 2.86. The van der Waals surface area contributed by atoms with Crippen LogP contribution in [0.25, 0.3) is 0 Å². The van der Waals surface area contributed by atoms with Crippen LogP contribution in [0.4, 0.5) is 0 Å². The number of amides is 1. The van der Waals surface area contributed by atoms with Gasteiger partial charge in [-0.25, -0.2) is 0 Å². The summed E-state index contributed by atoms with van der Waals surface area (Å²) in [5.41, 5.74) is 0. The molecule has 0 aromatic heterocycles. The molecule has 1 fully saturated rings. The van der Waals surface area contributed by atoms with Gasteiger partial charge in [0.25, 0.3) is 0 Å². The molecule has 0 spiro atoms. The molecule has 7 nitrogen and oxygen atoms in total. The average molecular weight is 221 g/mol. The van der Waals surface area contributed by atoms with Crippen LogP contribution in [0, 0.1) is 0 Å². The monoisotopic (exact) mass is 221 g/mol. The minimum Gasteiger partial charge on any atom is -0.388 e. The van der Waals surface area contributed by atoms with E-state index in [2.05, 4.69) is 5.32 Å². The predicted molar refractivity (Wildman–Crippen MR) is 47.6 cm³/mol. The molecule has 1 amide bonds. The number of aliphatic hydroxyl groups is 4. The first kappa shape index (κ1) is 12.3. The molecule has 1 aliphatic heterocycles. The largest absolute Gasteiger partial charge is 0.388 e. The van der Waals surface area contributed by atoms with E-state index in [0.29, 0.717) is 0 Å². The molecule has 88 valence electrons. The first-order valence-corrected chi connectivity index (χ1v) is 4.55. The molecule has 15 heavy (non-hydrogen) atoms. The van der Waals surface area contributed by atoms with E-state index in [1.807, 2.05) is 0 Å². The molecule has 1 saturated heterocycles. The van der Waals surface area contributed by atoms with Gasteiger partial charge in [-0.3, -0.25) is 4.79 Å². The third-order valence-corrected chi connectivity index (χ3v) is 2.24. The van der Waals surface area contributed by atoms with Crippen molar-refractivity contribution in [3.8, 4) is 0 Å². The SMILES string of the molecule is CC(=O)NC[C@H]1O[C@H](O)[C@H](O)[C@@H](O)[C@@H]1O. The quantitative estimate of drug-likeness (QED) is 0.337. The summed E-state index contributed by atoms with van der Waals surface area (Å²) < 4.78 is 4.81. The van der Waals surface area contributed by atoms with Crippen molar-refractivity contribution in [2.24, 2.45) is 0 Å². The standard InChI is InChI=1S/C8H15NO6/c1-3(10)9-2-4-5(11)6(12)7(13)8(14)15-4/h4-8,11-14H,2H2,1H3,(H,9,10)/t4-,5-,6+,7-,8+/m1/s1. The molecule has 0 aromatic rings. The molecule has 0 aliphatic carbocycles. The highest BCUT2D eigenvalue weighted by Gasteiger charge is 2.42. The normalized spacial score (nSPS) is 41.3. The highest BCUT2D eigenvalue weighted by atomic mass is 16.6. The molecule has 1 aliphatic rings. The van der Waals surface area contributed by atoms with Crippen LogP contribution in [0.3, 0.4) is 0 Å². The van der Waals surface area contributed by atoms with E-state index in [1.54, 1.807) is 0 Å². The number of aliphatic hydroxyl groups excluding tert-OH is 4. The van der Waals surface area contributed by atoms with Gasteiger partial charge in [0.05, 0.1) is 0 Å². The van der Waals surface area contributed by atoms with Gasteiger partial charge in [0.2, 0.25) is 5.91 Å². The summed E-state index contributed by atoms with van der Waals surface area (Å²) in [6, 6.07) is 0. The molecule has 0 radical (unpaired) electrons. The number of hydrogen-bond acceptors (Lipinski definition) is 6. The second-order valence-electron chi connectivity index (χ2n) is 3.47. The zero-order valence-corrected chi connectivity index (χ0v) is 8.20. The fourth-order valence-electron chi connectivity index (χ4n) is 1.34. The van der Waals surface area contributed by atoms with Crippen molar-refractivity contribution in [2.45, 2.75) is 37.6 Å². The van der Waals surface area contributed by atoms with E-state index in [4.69, 9.17) is 14.9 Å². The Morgan fingerprint density at radius 1 is 1.20 bits per heavy atom. The van der Waals surface area contributed by atoms with Gasteiger partial charge in [-0.15, -0.1) is 0 Å². The zero-order chi connectivity index (χ0) is 11.6. The Labute approximate surface area is 86.3 Å². The fraction of sp³-hybridized carbons (Fsp3) is 0.875. The Morgan fingerprint density at radius 2 is 1.80 bits per heavy atom. The Morgan fingerprint density at radius 3 is 2.33 bits per heavy atom. The van der Waals surface area contributed by atoms with Crippen LogP contribution in [-0.4, -0.2) is 63.6 Å². The first-order valence-electron chi connectivity index (χ1n) is 4.55. The highest BCUT2D eigenvalue weighted by Crippen LogP contribution is 2.19. The Hall–Kier alpha value is -0.730. The average Bonchev–Trinajstić information content (AvgIpc) is 2.18. The van der Waals surface area contributed by atoms with E-state index in [0.717, 1.165) is 0 Å². The summed E-state index contributed by atoms with van der Waals surface area (Å²) in [6.45, 7) is 1.24. The Balaban J connectivity index is 2.54. The molecule has 1 rings (SSSR count). The third-order valence-electron chi connectivity index (χ3n) is 2.24. The van der Waals surface area contributed by atoms with Crippen molar-refractivity contribution in [3.05, 3.63) is 0 Å². The minimum atomic E-state index is -1.57. The van der Waals surface area contributed by atoms with Crippen LogP contribution >= 0.6 is 0 Å². The minimum absolute atomic E-state index is 0.0443. The second-order valence-corrected chi connectivity index (χ2v) is 3.47. The van der Waals surface area contributed by atoms with Gasteiger partial charge in [0.15, 0.2) is 6.29 Å². The van der Waals surface area contributed by atoms with Gasteiger partial charge in [-0.1, -0.05) is 0 Å². The van der Waals surface area contributed by atoms with Crippen LogP contribution < -0.4 is 5.32 Å². The highest BCUT2D eigenvalue weighted by molar-refractivity contribution is 5.72. The molecule has 7 heteroatoms. The Kier molecular flexibility index (Phi) is 4.00. The number of nitrogens with one attached hydrogen (secondary N) is 1. The molecule has 0 unspecified atom stereocenters. The van der Waals surface area contributed by atoms with E-state index >= 15 is 0 Å². The van der Waals surface area contributed by atoms with Crippen LogP contribution in [0.2, 0.25) is 0 Å². The van der Waals surface area contributed by atoms with Crippen molar-refractivity contribution >= 4 is 5.91 Å². The summed E-state index contributed by atoms with van der Waals surface area (Å²) in [6.07, 6.45) is -6.90. The summed E-state index contributed by atoms with van der Waals surface area (Å²) in [5, 5.41) is 39.4. The number of hydrogen-bond donors (Lipinski definition) is 5. The van der Waals surface area contributed by atoms with Crippen LogP contribution in [-0.2, 0) is 9.53 Å². The van der Waals surface area contributed by atoms with Gasteiger partial charge in [0.1, 0.15) is 24.4 Å². The second kappa shape index (κ2) is 4.86. The molecular formula is C8H15NO6. The predicted octanol–water partition coefficient (Wildman–Crippen LogP) is -3.08. The van der Waals surface area contributed by atoms with Gasteiger partial charge in [-0.05, 0) is 0 Å². The molecule has 0 aromatic carbocycles. The maximum absolute atomic E-state index is 10.6. The topological polar surface area (TPSA) is 119 Å². The van der Waals surface area contributed by atoms with Gasteiger partial charge >= 0.3 is 0 Å². The summed E-state index contributed by atoms with van der Waals surface area (Å²) in [4.78, 5) is 10.6. The molecule has 5 atom stereocenters. The van der Waals surface area contributed by atoms with Gasteiger partial charge in [0, 0.05) is 13.5 Å². The molecule has 0 bridgehead atoms. The maximum atomic E-state index is 10.6. The smallest absolute Gasteiger partial charge is 0.216 e. The first-order chi connectivity index (χ1) is 6.93. The lowest BCUT2D eigenvalue weighted by Gasteiger charge is -2.38. The summed E-state index contributed by atoms with van der Waals surface area (Å²) >= 11 is 0. The van der Waals surface area contributed by atoms with Crippen molar-refractivity contribution < 1.29 is 30.0 Å². The number of rotatable bonds is 2. The van der Waals surface area contributed by atoms with Crippen LogP contribution in [0.1, 0.15) is 6.92 Å². The van der Waals surface area contributed by atoms with Crippen molar-refractivity contribution in [3.63, 3.8) is 0 Å². The number of carbonyl (C=O) groups is 1. The fourth-order valence-corrected chi connectivity index (χ4v) is 1.34. The Bertz CT molecular complexity index is 235. The summed E-state index contributed by atoms with van der Waals surface area (Å²) in [7, 11) is 0. The van der Waals surface area contributed by atoms with E-state index in [9.17, 15) is 15.0 Å². The lowest BCUT2D eigenvalue weighted by molar-refractivity contribution is -0.280. The van der Waals surface area contributed by atoms with Crippen LogP contribution in [0.15, 0.2) is 0 Å². The van der Waals surface area contributed by atoms with Crippen molar-refractivity contribution in [2.75, 3.05) is 6.54 Å². The molecule has 5 N–H and O–H groups in total. The lowest BCUT2D eigenvalue weighted by atomic mass is 9.99. The van der Waals surface area contributed by atoms with E-state index < -0.39 is 30.7 Å². The molecule has 0 saturated carbocycles. The van der Waals surface area contributed by atoms with Gasteiger partial charge in [-0.2, -0.15) is 0 Å². The summed E-state index contributed by atoms with van der Waals surface area (Å²) in [5.74, 6) is -0.319. The van der Waals surface area contributed by atoms with Crippen LogP contribution in [0.5, 0.6) is 0 Å². The lowest BCUT2D eigenvalue weighted by Crippen LogP contribution is -2.59. The number of carbonyl (C=O) groups excluding carboxylic acids is 1. The molecular weight excluding hydrogens is 206 g/mol. The van der Waals surface area contributed by atoms with Gasteiger partial charge < -0.3 is 30.5 Å². The zero-order valence-electron chi connectivity index (χ0n) is 8.20. The number of ether oxygens (including phenoxy) is 1. The van der Waals surface area contributed by atoms with Crippen molar-refractivity contribution in [1.82, 2.24) is 5.32 Å². The maximum Gasteiger partial charge on any atom is 0.216 e.